The highest BCUT2D eigenvalue weighted by atomic mass is 15.3. The van der Waals surface area contributed by atoms with Crippen LogP contribution in [-0.2, 0) is 6.54 Å². The second-order valence-corrected chi connectivity index (χ2v) is 4.88. The summed E-state index contributed by atoms with van der Waals surface area (Å²) in [5, 5.41) is 3.21. The van der Waals surface area contributed by atoms with Gasteiger partial charge in [0.2, 0.25) is 5.96 Å². The number of hydrazine groups is 1. The van der Waals surface area contributed by atoms with Crippen LogP contribution in [0, 0.1) is 0 Å². The molecule has 0 saturated heterocycles. The van der Waals surface area contributed by atoms with Crippen LogP contribution in [0.2, 0.25) is 0 Å². The second kappa shape index (κ2) is 10.2. The molecule has 1 aromatic rings. The number of rotatable bonds is 8. The van der Waals surface area contributed by atoms with E-state index in [1.54, 1.807) is 0 Å². The summed E-state index contributed by atoms with van der Waals surface area (Å²) in [7, 11) is 2.14. The normalized spacial score (nSPS) is 11.7. The number of aliphatic imine (C=N–C) groups is 1. The van der Waals surface area contributed by atoms with E-state index in [1.807, 2.05) is 6.07 Å². The van der Waals surface area contributed by atoms with Crippen molar-refractivity contribution in [1.82, 2.24) is 15.6 Å². The summed E-state index contributed by atoms with van der Waals surface area (Å²) in [5.74, 6) is 6.08. The molecule has 5 nitrogen and oxygen atoms in total. The molecule has 0 aliphatic rings. The fourth-order valence-corrected chi connectivity index (χ4v) is 1.91. The van der Waals surface area contributed by atoms with Crippen LogP contribution >= 0.6 is 0 Å². The van der Waals surface area contributed by atoms with E-state index in [-0.39, 0.29) is 0 Å². The molecule has 112 valence electrons. The average Bonchev–Trinajstić information content (AvgIpc) is 2.47. The van der Waals surface area contributed by atoms with E-state index in [9.17, 15) is 0 Å². The Labute approximate surface area is 122 Å². The highest BCUT2D eigenvalue weighted by Crippen LogP contribution is 2.02. The molecular formula is C15H27N5. The molecule has 0 fully saturated rings. The lowest BCUT2D eigenvalue weighted by Crippen LogP contribution is -2.42. The number of hydrogen-bond acceptors (Lipinski definition) is 3. The summed E-state index contributed by atoms with van der Waals surface area (Å²) < 4.78 is 0. The molecule has 0 saturated carbocycles. The van der Waals surface area contributed by atoms with Crippen molar-refractivity contribution in [1.29, 1.82) is 0 Å². The Morgan fingerprint density at radius 1 is 1.30 bits per heavy atom. The lowest BCUT2D eigenvalue weighted by atomic mass is 10.2. The zero-order valence-corrected chi connectivity index (χ0v) is 12.6. The van der Waals surface area contributed by atoms with Crippen molar-refractivity contribution in [3.05, 3.63) is 35.9 Å². The van der Waals surface area contributed by atoms with Crippen molar-refractivity contribution in [2.75, 3.05) is 26.7 Å². The van der Waals surface area contributed by atoms with Crippen LogP contribution in [0.15, 0.2) is 35.3 Å². The molecule has 1 aromatic carbocycles. The molecule has 0 atom stereocenters. The summed E-state index contributed by atoms with van der Waals surface area (Å²) in [4.78, 5) is 6.62. The Morgan fingerprint density at radius 2 is 2.05 bits per heavy atom. The SMILES string of the molecule is CCCN=C(NN)NCCCN(C)Cc1ccccc1. The molecule has 20 heavy (non-hydrogen) atoms. The number of nitrogens with zero attached hydrogens (tertiary/aromatic N) is 2. The van der Waals surface area contributed by atoms with Crippen LogP contribution < -0.4 is 16.6 Å². The van der Waals surface area contributed by atoms with Crippen LogP contribution in [0.25, 0.3) is 0 Å². The highest BCUT2D eigenvalue weighted by molar-refractivity contribution is 5.79. The Balaban J connectivity index is 2.17. The van der Waals surface area contributed by atoms with Gasteiger partial charge in [-0.1, -0.05) is 37.3 Å². The predicted octanol–water partition coefficient (Wildman–Crippen LogP) is 1.33. The number of benzene rings is 1. The van der Waals surface area contributed by atoms with E-state index in [1.165, 1.54) is 5.56 Å². The van der Waals surface area contributed by atoms with Crippen molar-refractivity contribution in [2.45, 2.75) is 26.3 Å². The first kappa shape index (κ1) is 16.5. The van der Waals surface area contributed by atoms with E-state index in [2.05, 4.69) is 58.9 Å². The van der Waals surface area contributed by atoms with Gasteiger partial charge in [0.05, 0.1) is 0 Å². The molecule has 0 heterocycles. The van der Waals surface area contributed by atoms with Gasteiger partial charge in [-0.15, -0.1) is 0 Å². The monoisotopic (exact) mass is 277 g/mol. The van der Waals surface area contributed by atoms with Gasteiger partial charge < -0.3 is 10.2 Å². The maximum atomic E-state index is 5.40. The molecule has 0 spiro atoms. The van der Waals surface area contributed by atoms with Crippen molar-refractivity contribution >= 4 is 5.96 Å². The first-order chi connectivity index (χ1) is 9.76. The third-order valence-corrected chi connectivity index (χ3v) is 2.93. The van der Waals surface area contributed by atoms with E-state index in [4.69, 9.17) is 5.84 Å². The van der Waals surface area contributed by atoms with E-state index in [0.29, 0.717) is 5.96 Å². The first-order valence-corrected chi connectivity index (χ1v) is 7.23. The van der Waals surface area contributed by atoms with Crippen LogP contribution in [0.1, 0.15) is 25.3 Å². The topological polar surface area (TPSA) is 65.7 Å². The minimum absolute atomic E-state index is 0.678. The minimum atomic E-state index is 0.678. The van der Waals surface area contributed by atoms with Crippen molar-refractivity contribution in [2.24, 2.45) is 10.8 Å². The molecule has 0 radical (unpaired) electrons. The van der Waals surface area contributed by atoms with Gasteiger partial charge in [-0.2, -0.15) is 0 Å². The average molecular weight is 277 g/mol. The summed E-state index contributed by atoms with van der Waals surface area (Å²) >= 11 is 0. The first-order valence-electron chi connectivity index (χ1n) is 7.23. The molecule has 0 bridgehead atoms. The van der Waals surface area contributed by atoms with Gasteiger partial charge in [-0.3, -0.25) is 10.4 Å². The fourth-order valence-electron chi connectivity index (χ4n) is 1.91. The molecule has 0 amide bonds. The molecule has 5 heteroatoms. The van der Waals surface area contributed by atoms with Crippen LogP contribution in [-0.4, -0.2) is 37.5 Å². The van der Waals surface area contributed by atoms with E-state index < -0.39 is 0 Å². The van der Waals surface area contributed by atoms with E-state index in [0.717, 1.165) is 39.0 Å². The molecule has 0 aliphatic carbocycles. The fraction of sp³-hybridized carbons (Fsp3) is 0.533. The number of nitrogens with two attached hydrogens (primary N) is 1. The Hall–Kier alpha value is -1.59. The zero-order valence-electron chi connectivity index (χ0n) is 12.6. The second-order valence-electron chi connectivity index (χ2n) is 4.88. The molecule has 0 unspecified atom stereocenters. The summed E-state index contributed by atoms with van der Waals surface area (Å²) in [5.41, 5.74) is 3.93. The largest absolute Gasteiger partial charge is 0.355 e. The number of guanidine groups is 1. The highest BCUT2D eigenvalue weighted by Gasteiger charge is 2.00. The summed E-state index contributed by atoms with van der Waals surface area (Å²) in [6.45, 7) is 5.77. The van der Waals surface area contributed by atoms with Gasteiger partial charge in [0.25, 0.3) is 0 Å². The Bertz CT molecular complexity index is 377. The smallest absolute Gasteiger partial charge is 0.205 e. The maximum absolute atomic E-state index is 5.40. The quantitative estimate of drug-likeness (QED) is 0.220. The zero-order chi connectivity index (χ0) is 14.6. The Morgan fingerprint density at radius 3 is 2.70 bits per heavy atom. The van der Waals surface area contributed by atoms with Gasteiger partial charge in [-0.25, -0.2) is 5.84 Å². The lowest BCUT2D eigenvalue weighted by molar-refractivity contribution is 0.322. The third kappa shape index (κ3) is 7.11. The number of hydrogen-bond donors (Lipinski definition) is 3. The van der Waals surface area contributed by atoms with Gasteiger partial charge in [0, 0.05) is 19.6 Å². The summed E-state index contributed by atoms with van der Waals surface area (Å²) in [6.07, 6.45) is 2.07. The van der Waals surface area contributed by atoms with Gasteiger partial charge in [0.1, 0.15) is 0 Å². The molecule has 4 N–H and O–H groups in total. The third-order valence-electron chi connectivity index (χ3n) is 2.93. The Kier molecular flexibility index (Phi) is 8.42. The van der Waals surface area contributed by atoms with Crippen molar-refractivity contribution < 1.29 is 0 Å². The standard InChI is InChI=1S/C15H27N5/c1-3-10-17-15(19-16)18-11-7-12-20(2)13-14-8-5-4-6-9-14/h4-6,8-9H,3,7,10-13,16H2,1-2H3,(H2,17,18,19). The van der Waals surface area contributed by atoms with E-state index >= 15 is 0 Å². The molecular weight excluding hydrogens is 250 g/mol. The molecule has 0 aromatic heterocycles. The van der Waals surface area contributed by atoms with Gasteiger partial charge in [-0.05, 0) is 32.0 Å². The summed E-state index contributed by atoms with van der Waals surface area (Å²) in [6, 6.07) is 10.5. The van der Waals surface area contributed by atoms with Crippen molar-refractivity contribution in [3.8, 4) is 0 Å². The van der Waals surface area contributed by atoms with Gasteiger partial charge in [0.15, 0.2) is 0 Å². The minimum Gasteiger partial charge on any atom is -0.355 e. The van der Waals surface area contributed by atoms with Crippen molar-refractivity contribution in [3.63, 3.8) is 0 Å². The molecule has 0 aliphatic heterocycles. The van der Waals surface area contributed by atoms with Gasteiger partial charge >= 0.3 is 0 Å². The van der Waals surface area contributed by atoms with Crippen LogP contribution in [0.3, 0.4) is 0 Å². The predicted molar refractivity (Wildman–Crippen MR) is 85.3 cm³/mol. The lowest BCUT2D eigenvalue weighted by Gasteiger charge is -2.17. The van der Waals surface area contributed by atoms with Crippen LogP contribution in [0.5, 0.6) is 0 Å². The number of nitrogens with one attached hydrogen (secondary N) is 2. The maximum Gasteiger partial charge on any atom is 0.205 e. The van der Waals surface area contributed by atoms with Crippen LogP contribution in [0.4, 0.5) is 0 Å². The molecule has 1 rings (SSSR count).